The molecule has 0 aliphatic heterocycles. The molecule has 2 N–H and O–H groups in total. The van der Waals surface area contributed by atoms with Crippen molar-refractivity contribution in [3.63, 3.8) is 0 Å². The number of aliphatic hydroxyl groups is 1. The van der Waals surface area contributed by atoms with Crippen molar-refractivity contribution in [2.75, 3.05) is 13.2 Å². The van der Waals surface area contributed by atoms with Crippen LogP contribution in [0.3, 0.4) is 0 Å². The molecule has 15 heavy (non-hydrogen) atoms. The Morgan fingerprint density at radius 2 is 2.07 bits per heavy atom. The van der Waals surface area contributed by atoms with E-state index in [1.807, 2.05) is 0 Å². The van der Waals surface area contributed by atoms with Crippen LogP contribution in [0.25, 0.3) is 0 Å². The molecule has 0 bridgehead atoms. The molecule has 0 aromatic carbocycles. The summed E-state index contributed by atoms with van der Waals surface area (Å²) in [6.07, 6.45) is 6.64. The van der Waals surface area contributed by atoms with Crippen molar-refractivity contribution in [1.82, 2.24) is 5.32 Å². The summed E-state index contributed by atoms with van der Waals surface area (Å²) in [5.74, 6) is 0.390. The van der Waals surface area contributed by atoms with E-state index < -0.39 is 0 Å². The number of hydrogen-bond donors (Lipinski definition) is 2. The lowest BCUT2D eigenvalue weighted by Crippen LogP contribution is -2.33. The fourth-order valence-electron chi connectivity index (χ4n) is 2.30. The summed E-state index contributed by atoms with van der Waals surface area (Å²) in [6.45, 7) is 8.11. The average molecular weight is 213 g/mol. The second kappa shape index (κ2) is 5.86. The van der Waals surface area contributed by atoms with E-state index in [9.17, 15) is 0 Å². The number of aliphatic hydroxyl groups excluding tert-OH is 1. The highest BCUT2D eigenvalue weighted by Crippen LogP contribution is 2.33. The quantitative estimate of drug-likeness (QED) is 0.703. The summed E-state index contributed by atoms with van der Waals surface area (Å²) in [5.41, 5.74) is 0.541. The van der Waals surface area contributed by atoms with Crippen LogP contribution >= 0.6 is 0 Å². The Hall–Kier alpha value is -0.0800. The van der Waals surface area contributed by atoms with Crippen molar-refractivity contribution in [1.29, 1.82) is 0 Å². The van der Waals surface area contributed by atoms with Crippen LogP contribution in [0.5, 0.6) is 0 Å². The molecule has 90 valence electrons. The van der Waals surface area contributed by atoms with Gasteiger partial charge in [-0.2, -0.15) is 0 Å². The van der Waals surface area contributed by atoms with Crippen LogP contribution in [0.1, 0.15) is 52.9 Å². The van der Waals surface area contributed by atoms with Crippen molar-refractivity contribution in [2.24, 2.45) is 11.3 Å². The van der Waals surface area contributed by atoms with Gasteiger partial charge in [-0.1, -0.05) is 27.2 Å². The van der Waals surface area contributed by atoms with Crippen LogP contribution in [0, 0.1) is 11.3 Å². The monoisotopic (exact) mass is 213 g/mol. The normalized spacial score (nSPS) is 28.4. The van der Waals surface area contributed by atoms with E-state index in [-0.39, 0.29) is 0 Å². The molecule has 1 saturated carbocycles. The van der Waals surface area contributed by atoms with Gasteiger partial charge in [0.1, 0.15) is 0 Å². The van der Waals surface area contributed by atoms with Gasteiger partial charge in [0, 0.05) is 19.2 Å². The Morgan fingerprint density at radius 3 is 2.73 bits per heavy atom. The topological polar surface area (TPSA) is 32.3 Å². The zero-order valence-electron chi connectivity index (χ0n) is 10.6. The van der Waals surface area contributed by atoms with Crippen molar-refractivity contribution in [3.8, 4) is 0 Å². The van der Waals surface area contributed by atoms with Crippen LogP contribution in [0.2, 0.25) is 0 Å². The van der Waals surface area contributed by atoms with Gasteiger partial charge >= 0.3 is 0 Å². The van der Waals surface area contributed by atoms with Crippen LogP contribution in [-0.4, -0.2) is 24.3 Å². The summed E-state index contributed by atoms with van der Waals surface area (Å²) >= 11 is 0. The average Bonchev–Trinajstić information content (AvgIpc) is 2.36. The Balaban J connectivity index is 2.26. The van der Waals surface area contributed by atoms with Crippen molar-refractivity contribution in [2.45, 2.75) is 58.9 Å². The first kappa shape index (κ1) is 13.0. The minimum absolute atomic E-state index is 0.297. The predicted octanol–water partition coefficient (Wildman–Crippen LogP) is 2.56. The summed E-state index contributed by atoms with van der Waals surface area (Å²) in [4.78, 5) is 0. The minimum Gasteiger partial charge on any atom is -0.396 e. The zero-order valence-corrected chi connectivity index (χ0v) is 10.6. The first-order valence-electron chi connectivity index (χ1n) is 6.38. The highest BCUT2D eigenvalue weighted by Gasteiger charge is 2.24. The molecule has 1 aliphatic carbocycles. The maximum Gasteiger partial charge on any atom is 0.0468 e. The number of rotatable bonds is 4. The first-order chi connectivity index (χ1) is 7.03. The zero-order chi connectivity index (χ0) is 11.3. The molecule has 2 heteroatoms. The van der Waals surface area contributed by atoms with Crippen molar-refractivity contribution < 1.29 is 5.11 Å². The Morgan fingerprint density at radius 1 is 1.33 bits per heavy atom. The molecule has 1 fully saturated rings. The summed E-state index contributed by atoms with van der Waals surface area (Å²) in [6, 6.07) is 0.681. The Kier molecular flexibility index (Phi) is 5.07. The molecule has 2 nitrogen and oxygen atoms in total. The molecule has 0 spiro atoms. The molecule has 1 aliphatic rings. The van der Waals surface area contributed by atoms with Gasteiger partial charge in [0.15, 0.2) is 0 Å². The molecule has 0 heterocycles. The standard InChI is InChI=1S/C13H27NO/c1-11(10-15)9-14-12-5-4-7-13(2,3)8-6-12/h11-12,14-15H,4-10H2,1-3H3. The van der Waals surface area contributed by atoms with Gasteiger partial charge in [0.05, 0.1) is 0 Å². The lowest BCUT2D eigenvalue weighted by atomic mass is 9.85. The second-order valence-electron chi connectivity index (χ2n) is 5.99. The lowest BCUT2D eigenvalue weighted by molar-refractivity contribution is 0.227. The molecule has 2 atom stereocenters. The maximum atomic E-state index is 8.96. The largest absolute Gasteiger partial charge is 0.396 e. The molecule has 0 amide bonds. The van der Waals surface area contributed by atoms with Gasteiger partial charge in [-0.05, 0) is 37.0 Å². The maximum absolute atomic E-state index is 8.96. The molecular formula is C13H27NO. The minimum atomic E-state index is 0.297. The Labute approximate surface area is 94.5 Å². The molecular weight excluding hydrogens is 186 g/mol. The first-order valence-corrected chi connectivity index (χ1v) is 6.38. The molecule has 0 aromatic heterocycles. The van der Waals surface area contributed by atoms with Crippen LogP contribution in [-0.2, 0) is 0 Å². The third-order valence-corrected chi connectivity index (χ3v) is 3.64. The van der Waals surface area contributed by atoms with Gasteiger partial charge in [-0.15, -0.1) is 0 Å². The molecule has 0 radical (unpaired) electrons. The van der Waals surface area contributed by atoms with E-state index in [1.165, 1.54) is 32.1 Å². The van der Waals surface area contributed by atoms with Crippen LogP contribution in [0.15, 0.2) is 0 Å². The Bertz CT molecular complexity index is 179. The van der Waals surface area contributed by atoms with Gasteiger partial charge in [-0.25, -0.2) is 0 Å². The summed E-state index contributed by atoms with van der Waals surface area (Å²) < 4.78 is 0. The van der Waals surface area contributed by atoms with E-state index in [1.54, 1.807) is 0 Å². The molecule has 2 unspecified atom stereocenters. The van der Waals surface area contributed by atoms with E-state index >= 15 is 0 Å². The van der Waals surface area contributed by atoms with Gasteiger partial charge in [-0.3, -0.25) is 0 Å². The molecule has 1 rings (SSSR count). The van der Waals surface area contributed by atoms with Gasteiger partial charge in [0.2, 0.25) is 0 Å². The van der Waals surface area contributed by atoms with E-state index in [0.717, 1.165) is 6.54 Å². The van der Waals surface area contributed by atoms with Crippen molar-refractivity contribution >= 4 is 0 Å². The number of hydrogen-bond acceptors (Lipinski definition) is 2. The SMILES string of the molecule is CC(CO)CNC1CCCC(C)(C)CC1. The number of nitrogens with one attached hydrogen (secondary N) is 1. The smallest absolute Gasteiger partial charge is 0.0468 e. The fraction of sp³-hybridized carbons (Fsp3) is 1.00. The summed E-state index contributed by atoms with van der Waals surface area (Å²) in [7, 11) is 0. The highest BCUT2D eigenvalue weighted by atomic mass is 16.3. The van der Waals surface area contributed by atoms with E-state index in [2.05, 4.69) is 26.1 Å². The lowest BCUT2D eigenvalue weighted by Gasteiger charge is -2.22. The van der Waals surface area contributed by atoms with Crippen LogP contribution < -0.4 is 5.32 Å². The van der Waals surface area contributed by atoms with Crippen molar-refractivity contribution in [3.05, 3.63) is 0 Å². The second-order valence-corrected chi connectivity index (χ2v) is 5.99. The van der Waals surface area contributed by atoms with Gasteiger partial charge in [0.25, 0.3) is 0 Å². The predicted molar refractivity (Wildman–Crippen MR) is 64.9 cm³/mol. The third kappa shape index (κ3) is 4.98. The fourth-order valence-corrected chi connectivity index (χ4v) is 2.30. The summed E-state index contributed by atoms with van der Waals surface area (Å²) in [5, 5.41) is 12.6. The highest BCUT2D eigenvalue weighted by molar-refractivity contribution is 4.79. The van der Waals surface area contributed by atoms with E-state index in [0.29, 0.717) is 24.0 Å². The van der Waals surface area contributed by atoms with Gasteiger partial charge < -0.3 is 10.4 Å². The molecule has 0 aromatic rings. The van der Waals surface area contributed by atoms with Crippen LogP contribution in [0.4, 0.5) is 0 Å². The third-order valence-electron chi connectivity index (χ3n) is 3.64. The molecule has 0 saturated heterocycles. The van der Waals surface area contributed by atoms with E-state index in [4.69, 9.17) is 5.11 Å².